The quantitative estimate of drug-likeness (QED) is 0.699. The van der Waals surface area contributed by atoms with E-state index >= 15 is 0 Å². The average Bonchev–Trinajstić information content (AvgIpc) is 2.70. The number of hydrogen-bond acceptors (Lipinski definition) is 2. The SMILES string of the molecule is O=C(C1=CCCO1)c1ccccc1Cl. The van der Waals surface area contributed by atoms with Gasteiger partial charge in [0.05, 0.1) is 11.6 Å². The number of allylic oxidation sites excluding steroid dienone is 1. The molecule has 72 valence electrons. The molecule has 1 aromatic rings. The van der Waals surface area contributed by atoms with Crippen LogP contribution in [0.5, 0.6) is 0 Å². The van der Waals surface area contributed by atoms with Crippen LogP contribution in [0.3, 0.4) is 0 Å². The highest BCUT2D eigenvalue weighted by molar-refractivity contribution is 6.34. The molecule has 0 aliphatic carbocycles. The smallest absolute Gasteiger partial charge is 0.228 e. The van der Waals surface area contributed by atoms with Crippen molar-refractivity contribution in [1.82, 2.24) is 0 Å². The van der Waals surface area contributed by atoms with E-state index in [4.69, 9.17) is 16.3 Å². The van der Waals surface area contributed by atoms with Gasteiger partial charge in [-0.05, 0) is 18.2 Å². The third-order valence-corrected chi connectivity index (χ3v) is 2.38. The largest absolute Gasteiger partial charge is 0.489 e. The normalized spacial score (nSPS) is 14.8. The lowest BCUT2D eigenvalue weighted by atomic mass is 10.1. The van der Waals surface area contributed by atoms with E-state index in [1.807, 2.05) is 0 Å². The van der Waals surface area contributed by atoms with Gasteiger partial charge in [-0.15, -0.1) is 0 Å². The Hall–Kier alpha value is -1.28. The summed E-state index contributed by atoms with van der Waals surface area (Å²) in [5.74, 6) is 0.284. The Labute approximate surface area is 87.1 Å². The molecule has 0 atom stereocenters. The highest BCUT2D eigenvalue weighted by Crippen LogP contribution is 2.21. The predicted octanol–water partition coefficient (Wildman–Crippen LogP) is 2.83. The van der Waals surface area contributed by atoms with Crippen molar-refractivity contribution in [2.75, 3.05) is 6.61 Å². The summed E-state index contributed by atoms with van der Waals surface area (Å²) < 4.78 is 5.18. The van der Waals surface area contributed by atoms with Crippen LogP contribution in [-0.4, -0.2) is 12.4 Å². The van der Waals surface area contributed by atoms with Gasteiger partial charge in [0, 0.05) is 12.0 Å². The molecule has 0 saturated heterocycles. The first-order valence-corrected chi connectivity index (χ1v) is 4.79. The van der Waals surface area contributed by atoms with Crippen molar-refractivity contribution in [1.29, 1.82) is 0 Å². The fraction of sp³-hybridized carbons (Fsp3) is 0.182. The van der Waals surface area contributed by atoms with Gasteiger partial charge in [-0.3, -0.25) is 4.79 Å². The van der Waals surface area contributed by atoms with E-state index in [2.05, 4.69) is 0 Å². The molecular formula is C11H9ClO2. The molecular weight excluding hydrogens is 200 g/mol. The van der Waals surface area contributed by atoms with E-state index < -0.39 is 0 Å². The van der Waals surface area contributed by atoms with Crippen molar-refractivity contribution in [3.8, 4) is 0 Å². The zero-order valence-electron chi connectivity index (χ0n) is 7.50. The standard InChI is InChI=1S/C11H9ClO2/c12-9-5-2-1-4-8(9)11(13)10-6-3-7-14-10/h1-2,4-6H,3,7H2. The van der Waals surface area contributed by atoms with Crippen LogP contribution in [0.2, 0.25) is 5.02 Å². The van der Waals surface area contributed by atoms with Crippen LogP contribution in [0.25, 0.3) is 0 Å². The number of carbonyl (C=O) groups excluding carboxylic acids is 1. The summed E-state index contributed by atoms with van der Waals surface area (Å²) in [5, 5.41) is 0.467. The van der Waals surface area contributed by atoms with Crippen molar-refractivity contribution in [2.45, 2.75) is 6.42 Å². The minimum absolute atomic E-state index is 0.131. The van der Waals surface area contributed by atoms with E-state index in [9.17, 15) is 4.79 Å². The minimum atomic E-state index is -0.131. The Morgan fingerprint density at radius 2 is 2.14 bits per heavy atom. The predicted molar refractivity (Wildman–Crippen MR) is 54.4 cm³/mol. The second-order valence-electron chi connectivity index (χ2n) is 3.01. The first kappa shape index (κ1) is 9.28. The van der Waals surface area contributed by atoms with Crippen LogP contribution in [0.4, 0.5) is 0 Å². The van der Waals surface area contributed by atoms with Gasteiger partial charge in [-0.1, -0.05) is 23.7 Å². The van der Waals surface area contributed by atoms with Gasteiger partial charge in [-0.2, -0.15) is 0 Å². The van der Waals surface area contributed by atoms with Crippen molar-refractivity contribution in [2.24, 2.45) is 0 Å². The van der Waals surface area contributed by atoms with Crippen LogP contribution >= 0.6 is 11.6 Å². The number of rotatable bonds is 2. The summed E-state index contributed by atoms with van der Waals surface area (Å²) in [4.78, 5) is 11.8. The monoisotopic (exact) mass is 208 g/mol. The topological polar surface area (TPSA) is 26.3 Å². The maximum Gasteiger partial charge on any atom is 0.228 e. The van der Waals surface area contributed by atoms with Crippen LogP contribution in [0.15, 0.2) is 36.1 Å². The number of benzene rings is 1. The molecule has 0 N–H and O–H groups in total. The second-order valence-corrected chi connectivity index (χ2v) is 3.42. The summed E-state index contributed by atoms with van der Waals surface area (Å²) in [7, 11) is 0. The first-order chi connectivity index (χ1) is 6.79. The summed E-state index contributed by atoms with van der Waals surface area (Å²) in [6, 6.07) is 6.98. The maximum absolute atomic E-state index is 11.8. The lowest BCUT2D eigenvalue weighted by molar-refractivity contribution is 0.0942. The van der Waals surface area contributed by atoms with Gasteiger partial charge in [0.15, 0.2) is 5.76 Å². The van der Waals surface area contributed by atoms with Gasteiger partial charge < -0.3 is 4.74 Å². The number of hydrogen-bond donors (Lipinski definition) is 0. The second kappa shape index (κ2) is 3.84. The van der Waals surface area contributed by atoms with E-state index in [0.717, 1.165) is 6.42 Å². The van der Waals surface area contributed by atoms with Gasteiger partial charge >= 0.3 is 0 Å². The first-order valence-electron chi connectivity index (χ1n) is 4.41. The van der Waals surface area contributed by atoms with Gasteiger partial charge in [0.1, 0.15) is 0 Å². The molecule has 3 heteroatoms. The van der Waals surface area contributed by atoms with E-state index in [-0.39, 0.29) is 5.78 Å². The number of halogens is 1. The van der Waals surface area contributed by atoms with Gasteiger partial charge in [0.2, 0.25) is 5.78 Å². The third kappa shape index (κ3) is 1.66. The van der Waals surface area contributed by atoms with Gasteiger partial charge in [0.25, 0.3) is 0 Å². The third-order valence-electron chi connectivity index (χ3n) is 2.05. The number of Topliss-reactive ketones (excluding diaryl/α,β-unsaturated/α-hetero) is 1. The molecule has 1 aliphatic rings. The Morgan fingerprint density at radius 1 is 1.36 bits per heavy atom. The van der Waals surface area contributed by atoms with E-state index in [0.29, 0.717) is 23.0 Å². The molecule has 0 aromatic heterocycles. The fourth-order valence-corrected chi connectivity index (χ4v) is 1.58. The molecule has 0 amide bonds. The molecule has 0 bridgehead atoms. The Balaban J connectivity index is 2.31. The maximum atomic E-state index is 11.8. The van der Waals surface area contributed by atoms with Crippen molar-refractivity contribution >= 4 is 17.4 Å². The molecule has 2 nitrogen and oxygen atoms in total. The molecule has 2 rings (SSSR count). The molecule has 1 aromatic carbocycles. The lowest BCUT2D eigenvalue weighted by Gasteiger charge is -2.04. The summed E-state index contributed by atoms with van der Waals surface area (Å²) >= 11 is 5.89. The van der Waals surface area contributed by atoms with E-state index in [1.54, 1.807) is 30.3 Å². The minimum Gasteiger partial charge on any atom is -0.489 e. The molecule has 1 aliphatic heterocycles. The highest BCUT2D eigenvalue weighted by atomic mass is 35.5. The highest BCUT2D eigenvalue weighted by Gasteiger charge is 2.18. The zero-order chi connectivity index (χ0) is 9.97. The van der Waals surface area contributed by atoms with E-state index in [1.165, 1.54) is 0 Å². The Morgan fingerprint density at radius 3 is 2.79 bits per heavy atom. The molecule has 0 saturated carbocycles. The number of carbonyl (C=O) groups is 1. The summed E-state index contributed by atoms with van der Waals surface area (Å²) in [5.41, 5.74) is 0.502. The summed E-state index contributed by atoms with van der Waals surface area (Å²) in [6.45, 7) is 0.589. The number of ether oxygens (including phenoxy) is 1. The van der Waals surface area contributed by atoms with Crippen molar-refractivity contribution in [3.05, 3.63) is 46.7 Å². The number of ketones is 1. The van der Waals surface area contributed by atoms with Crippen LogP contribution in [0.1, 0.15) is 16.8 Å². The van der Waals surface area contributed by atoms with Gasteiger partial charge in [-0.25, -0.2) is 0 Å². The van der Waals surface area contributed by atoms with Crippen LogP contribution in [0, 0.1) is 0 Å². The molecule has 1 heterocycles. The van der Waals surface area contributed by atoms with Crippen molar-refractivity contribution in [3.63, 3.8) is 0 Å². The van der Waals surface area contributed by atoms with Crippen LogP contribution in [-0.2, 0) is 4.74 Å². The van der Waals surface area contributed by atoms with Crippen molar-refractivity contribution < 1.29 is 9.53 Å². The Kier molecular flexibility index (Phi) is 2.55. The Bertz CT molecular complexity index is 396. The lowest BCUT2D eigenvalue weighted by Crippen LogP contribution is -2.04. The molecule has 0 unspecified atom stereocenters. The van der Waals surface area contributed by atoms with Crippen LogP contribution < -0.4 is 0 Å². The molecule has 0 spiro atoms. The zero-order valence-corrected chi connectivity index (χ0v) is 8.25. The molecule has 14 heavy (non-hydrogen) atoms. The average molecular weight is 209 g/mol. The fourth-order valence-electron chi connectivity index (χ4n) is 1.35. The molecule has 0 radical (unpaired) electrons. The summed E-state index contributed by atoms with van der Waals surface area (Å²) in [6.07, 6.45) is 2.59. The molecule has 0 fully saturated rings.